The summed E-state index contributed by atoms with van der Waals surface area (Å²) in [6, 6.07) is 2.04. The van der Waals surface area contributed by atoms with Gasteiger partial charge in [-0.1, -0.05) is 0 Å². The van der Waals surface area contributed by atoms with Crippen LogP contribution in [0.3, 0.4) is 0 Å². The van der Waals surface area contributed by atoms with Crippen molar-refractivity contribution in [3.63, 3.8) is 0 Å². The molecule has 0 saturated carbocycles. The predicted molar refractivity (Wildman–Crippen MR) is 37.6 cm³/mol. The summed E-state index contributed by atoms with van der Waals surface area (Å²) in [5.41, 5.74) is 0. The lowest BCUT2D eigenvalue weighted by molar-refractivity contribution is 0.875. The van der Waals surface area contributed by atoms with Crippen molar-refractivity contribution in [2.75, 3.05) is 6.67 Å². The zero-order valence-electron chi connectivity index (χ0n) is 4.79. The second-order valence-corrected chi connectivity index (χ2v) is 2.78. The molecule has 0 spiro atoms. The fourth-order valence-corrected chi connectivity index (χ4v) is 1.57. The molecule has 0 amide bonds. The van der Waals surface area contributed by atoms with Gasteiger partial charge in [-0.3, -0.25) is 4.99 Å². The third-order valence-electron chi connectivity index (χ3n) is 1.25. The molecule has 0 radical (unpaired) electrons. The van der Waals surface area contributed by atoms with E-state index < -0.39 is 0 Å². The number of nitrogens with zero attached hydrogens (tertiary/aromatic N) is 1. The molecule has 46 valence electrons. The van der Waals surface area contributed by atoms with Crippen molar-refractivity contribution in [2.45, 2.75) is 0 Å². The van der Waals surface area contributed by atoms with Crippen LogP contribution in [0, 0.1) is 0 Å². The summed E-state index contributed by atoms with van der Waals surface area (Å²) in [7, 11) is 0. The molecule has 1 aliphatic rings. The zero-order valence-corrected chi connectivity index (χ0v) is 5.61. The summed E-state index contributed by atoms with van der Waals surface area (Å²) < 4.78 is 1.24. The zero-order chi connectivity index (χ0) is 6.10. The van der Waals surface area contributed by atoms with Crippen molar-refractivity contribution < 1.29 is 0 Å². The van der Waals surface area contributed by atoms with Crippen molar-refractivity contribution in [3.8, 4) is 0 Å². The van der Waals surface area contributed by atoms with Crippen LogP contribution < -0.4 is 15.2 Å². The first-order valence-electron chi connectivity index (χ1n) is 2.78. The van der Waals surface area contributed by atoms with Gasteiger partial charge in [0.1, 0.15) is 6.67 Å². The molecule has 1 aromatic heterocycles. The lowest BCUT2D eigenvalue weighted by atomic mass is 10.5. The third-order valence-corrected chi connectivity index (χ3v) is 2.10. The van der Waals surface area contributed by atoms with Gasteiger partial charge in [0.15, 0.2) is 0 Å². The predicted octanol–water partition coefficient (Wildman–Crippen LogP) is -0.334. The number of rotatable bonds is 0. The van der Waals surface area contributed by atoms with Crippen LogP contribution in [0.25, 0.3) is 6.20 Å². The lowest BCUT2D eigenvalue weighted by Crippen LogP contribution is -2.28. The van der Waals surface area contributed by atoms with E-state index >= 15 is 0 Å². The number of fused-ring (bicyclic) bond motifs is 1. The maximum atomic E-state index is 4.22. The molecule has 2 heterocycles. The molecular formula is C6H6N2S. The Bertz CT molecular complexity index is 282. The average molecular weight is 138 g/mol. The Hall–Kier alpha value is -0.830. The maximum absolute atomic E-state index is 4.22. The van der Waals surface area contributed by atoms with Crippen LogP contribution >= 0.6 is 11.3 Å². The van der Waals surface area contributed by atoms with E-state index in [2.05, 4.69) is 15.7 Å². The molecule has 0 atom stereocenters. The molecule has 0 fully saturated rings. The van der Waals surface area contributed by atoms with E-state index in [1.54, 1.807) is 11.3 Å². The summed E-state index contributed by atoms with van der Waals surface area (Å²) in [5, 5.41) is 6.22. The highest BCUT2D eigenvalue weighted by atomic mass is 32.1. The molecule has 3 heteroatoms. The number of thiophene rings is 1. The Morgan fingerprint density at radius 1 is 1.67 bits per heavy atom. The van der Waals surface area contributed by atoms with Crippen LogP contribution in [-0.4, -0.2) is 6.67 Å². The summed E-state index contributed by atoms with van der Waals surface area (Å²) in [6.45, 7) is 0.726. The van der Waals surface area contributed by atoms with E-state index in [9.17, 15) is 0 Å². The highest BCUT2D eigenvalue weighted by Gasteiger charge is 1.90. The first-order valence-corrected chi connectivity index (χ1v) is 3.66. The lowest BCUT2D eigenvalue weighted by Gasteiger charge is -1.95. The molecular weight excluding hydrogens is 132 g/mol. The molecule has 2 nitrogen and oxygen atoms in total. The standard InChI is InChI=1S/C6H6N2S/c1-2-9-6-3-7-4-8-5(1)6/h1-3,7H,4H2. The number of nitrogens with one attached hydrogen (secondary N) is 1. The van der Waals surface area contributed by atoms with E-state index in [0.29, 0.717) is 0 Å². The molecule has 1 N–H and O–H groups in total. The van der Waals surface area contributed by atoms with E-state index in [4.69, 9.17) is 0 Å². The molecule has 0 saturated heterocycles. The largest absolute Gasteiger partial charge is 0.371 e. The van der Waals surface area contributed by atoms with Crippen molar-refractivity contribution in [1.82, 2.24) is 5.32 Å². The van der Waals surface area contributed by atoms with Gasteiger partial charge >= 0.3 is 0 Å². The van der Waals surface area contributed by atoms with Crippen molar-refractivity contribution in [3.05, 3.63) is 21.3 Å². The molecule has 0 aromatic carbocycles. The second-order valence-electron chi connectivity index (χ2n) is 1.83. The first kappa shape index (κ1) is 4.99. The topological polar surface area (TPSA) is 24.4 Å². The second kappa shape index (κ2) is 1.84. The highest BCUT2D eigenvalue weighted by molar-refractivity contribution is 7.07. The molecule has 2 rings (SSSR count). The van der Waals surface area contributed by atoms with Gasteiger partial charge in [0, 0.05) is 6.20 Å². The average Bonchev–Trinajstić information content (AvgIpc) is 2.33. The summed E-state index contributed by atoms with van der Waals surface area (Å²) in [4.78, 5) is 4.22. The normalized spacial score (nSPS) is 14.7. The molecule has 0 unspecified atom stereocenters. The SMILES string of the molecule is C1=c2sccc2=NCN1. The van der Waals surface area contributed by atoms with Crippen LogP contribution in [0.4, 0.5) is 0 Å². The monoisotopic (exact) mass is 138 g/mol. The van der Waals surface area contributed by atoms with Crippen LogP contribution in [0.2, 0.25) is 0 Å². The van der Waals surface area contributed by atoms with Crippen LogP contribution in [0.15, 0.2) is 16.4 Å². The van der Waals surface area contributed by atoms with Gasteiger partial charge < -0.3 is 5.32 Å². The van der Waals surface area contributed by atoms with Crippen LogP contribution in [-0.2, 0) is 0 Å². The number of hydrogen-bond donors (Lipinski definition) is 1. The fourth-order valence-electron chi connectivity index (χ4n) is 0.822. The Balaban J connectivity index is 2.89. The summed E-state index contributed by atoms with van der Waals surface area (Å²) >= 11 is 1.71. The maximum Gasteiger partial charge on any atom is 0.108 e. The Morgan fingerprint density at radius 3 is 3.56 bits per heavy atom. The van der Waals surface area contributed by atoms with Gasteiger partial charge in [-0.15, -0.1) is 11.3 Å². The van der Waals surface area contributed by atoms with Gasteiger partial charge in [0.05, 0.1) is 9.89 Å². The fraction of sp³-hybridized carbons (Fsp3) is 0.167. The van der Waals surface area contributed by atoms with Gasteiger partial charge in [-0.05, 0) is 11.4 Å². The molecule has 0 aliphatic carbocycles. The first-order chi connectivity index (χ1) is 4.47. The Kier molecular flexibility index (Phi) is 1.02. The minimum Gasteiger partial charge on any atom is -0.371 e. The van der Waals surface area contributed by atoms with E-state index in [1.807, 2.05) is 12.3 Å². The van der Waals surface area contributed by atoms with Crippen LogP contribution in [0.1, 0.15) is 0 Å². The molecule has 9 heavy (non-hydrogen) atoms. The van der Waals surface area contributed by atoms with Gasteiger partial charge in [0.2, 0.25) is 0 Å². The van der Waals surface area contributed by atoms with Gasteiger partial charge in [-0.2, -0.15) is 0 Å². The van der Waals surface area contributed by atoms with Gasteiger partial charge in [-0.25, -0.2) is 0 Å². The van der Waals surface area contributed by atoms with Crippen LogP contribution in [0.5, 0.6) is 0 Å². The quantitative estimate of drug-likeness (QED) is 0.521. The summed E-state index contributed by atoms with van der Waals surface area (Å²) in [6.07, 6.45) is 2.01. The minimum absolute atomic E-state index is 0.726. The molecule has 0 bridgehead atoms. The van der Waals surface area contributed by atoms with Gasteiger partial charge in [0.25, 0.3) is 0 Å². The third kappa shape index (κ3) is 0.733. The van der Waals surface area contributed by atoms with E-state index in [-0.39, 0.29) is 0 Å². The smallest absolute Gasteiger partial charge is 0.108 e. The molecule has 1 aromatic rings. The minimum atomic E-state index is 0.726. The summed E-state index contributed by atoms with van der Waals surface area (Å²) in [5.74, 6) is 0. The van der Waals surface area contributed by atoms with E-state index in [1.165, 1.54) is 4.53 Å². The van der Waals surface area contributed by atoms with Crippen molar-refractivity contribution in [2.24, 2.45) is 4.99 Å². The Morgan fingerprint density at radius 2 is 2.67 bits per heavy atom. The highest BCUT2D eigenvalue weighted by Crippen LogP contribution is 1.82. The van der Waals surface area contributed by atoms with Crippen molar-refractivity contribution in [1.29, 1.82) is 0 Å². The van der Waals surface area contributed by atoms with E-state index in [0.717, 1.165) is 12.0 Å². The molecule has 1 aliphatic heterocycles. The Labute approximate surface area is 56.6 Å². The van der Waals surface area contributed by atoms with Crippen molar-refractivity contribution >= 4 is 17.5 Å². The number of hydrogen-bond acceptors (Lipinski definition) is 3.